The van der Waals surface area contributed by atoms with E-state index in [0.717, 1.165) is 6.33 Å². The van der Waals surface area contributed by atoms with Gasteiger partial charge in [0.15, 0.2) is 0 Å². The summed E-state index contributed by atoms with van der Waals surface area (Å²) in [5.74, 6) is -0.210. The van der Waals surface area contributed by atoms with Crippen molar-refractivity contribution >= 4 is 19.1 Å². The second kappa shape index (κ2) is 2.54. The van der Waals surface area contributed by atoms with Crippen LogP contribution in [0.4, 0.5) is 5.95 Å². The van der Waals surface area contributed by atoms with Crippen molar-refractivity contribution in [2.24, 2.45) is 0 Å². The fourth-order valence-corrected chi connectivity index (χ4v) is 0.875. The van der Waals surface area contributed by atoms with Gasteiger partial charge in [0.1, 0.15) is 6.33 Å². The third-order valence-electron chi connectivity index (χ3n) is 0.838. The highest BCUT2D eigenvalue weighted by Gasteiger charge is 2.20. The highest BCUT2D eigenvalue weighted by atomic mass is 31.2. The lowest BCUT2D eigenvalue weighted by molar-refractivity contribution is 0.385. The molecule has 0 aliphatic heterocycles. The number of nitrogens with two attached hydrogens (primary N) is 1. The Balaban J connectivity index is 3.17. The molecule has 1 heterocycles. The molecule has 0 aliphatic carbocycles. The highest BCUT2D eigenvalue weighted by Crippen LogP contribution is 2.30. The van der Waals surface area contributed by atoms with E-state index in [0.29, 0.717) is 0 Å². The first-order valence-electron chi connectivity index (χ1n) is 2.51. The number of nitrogens with zero attached hydrogens (tertiary/aromatic N) is 3. The van der Waals surface area contributed by atoms with Gasteiger partial charge in [0.25, 0.3) is 0 Å². The van der Waals surface area contributed by atoms with Crippen LogP contribution in [0.1, 0.15) is 0 Å². The van der Waals surface area contributed by atoms with E-state index < -0.39 is 13.2 Å². The van der Waals surface area contributed by atoms with E-state index in [4.69, 9.17) is 15.5 Å². The topological polar surface area (TPSA) is 122 Å². The fourth-order valence-electron chi connectivity index (χ4n) is 0.440. The molecular weight excluding hydrogens is 171 g/mol. The van der Waals surface area contributed by atoms with Crippen LogP contribution in [0, 0.1) is 0 Å². The number of anilines is 1. The first-order chi connectivity index (χ1) is 5.00. The molecule has 60 valence electrons. The fraction of sp³-hybridized carbons (Fsp3) is 0. The summed E-state index contributed by atoms with van der Waals surface area (Å²) < 4.78 is 10.5. The predicted molar refractivity (Wildman–Crippen MR) is 35.9 cm³/mol. The Morgan fingerprint density at radius 1 is 1.45 bits per heavy atom. The Morgan fingerprint density at radius 2 is 2.09 bits per heavy atom. The van der Waals surface area contributed by atoms with Crippen molar-refractivity contribution in [2.75, 3.05) is 5.73 Å². The molecule has 1 aromatic rings. The van der Waals surface area contributed by atoms with Gasteiger partial charge in [0, 0.05) is 0 Å². The third-order valence-corrected chi connectivity index (χ3v) is 1.57. The lowest BCUT2D eigenvalue weighted by atomic mass is 11.0. The molecule has 0 atom stereocenters. The van der Waals surface area contributed by atoms with Crippen LogP contribution in [-0.4, -0.2) is 24.7 Å². The molecule has 0 spiro atoms. The van der Waals surface area contributed by atoms with Crippen molar-refractivity contribution in [3.05, 3.63) is 6.33 Å². The summed E-state index contributed by atoms with van der Waals surface area (Å²) in [5, 5.41) is 0. The zero-order valence-electron chi connectivity index (χ0n) is 5.25. The lowest BCUT2D eigenvalue weighted by Gasteiger charge is -1.99. The number of rotatable bonds is 1. The maximum atomic E-state index is 10.5. The van der Waals surface area contributed by atoms with Crippen LogP contribution < -0.4 is 11.3 Å². The minimum atomic E-state index is -4.39. The Morgan fingerprint density at radius 3 is 2.45 bits per heavy atom. The summed E-state index contributed by atoms with van der Waals surface area (Å²) in [7, 11) is -4.39. The Labute approximate surface area is 61.5 Å². The smallest absolute Gasteiger partial charge is 0.368 e. The van der Waals surface area contributed by atoms with Gasteiger partial charge in [-0.25, -0.2) is 9.97 Å². The second-order valence-electron chi connectivity index (χ2n) is 1.69. The summed E-state index contributed by atoms with van der Waals surface area (Å²) in [6.07, 6.45) is 0.941. The summed E-state index contributed by atoms with van der Waals surface area (Å²) in [5.41, 5.74) is 4.44. The van der Waals surface area contributed by atoms with E-state index in [-0.39, 0.29) is 5.95 Å². The summed E-state index contributed by atoms with van der Waals surface area (Å²) in [6.45, 7) is 0. The van der Waals surface area contributed by atoms with Crippen LogP contribution in [-0.2, 0) is 4.57 Å². The molecular formula is C3H5N4O3P. The van der Waals surface area contributed by atoms with Crippen molar-refractivity contribution < 1.29 is 14.4 Å². The average molecular weight is 176 g/mol. The first kappa shape index (κ1) is 8.06. The monoisotopic (exact) mass is 176 g/mol. The minimum Gasteiger partial charge on any atom is -0.368 e. The summed E-state index contributed by atoms with van der Waals surface area (Å²) in [6, 6.07) is 0. The van der Waals surface area contributed by atoms with Gasteiger partial charge < -0.3 is 15.5 Å². The summed E-state index contributed by atoms with van der Waals surface area (Å²) in [4.78, 5) is 26.9. The first-order valence-corrected chi connectivity index (χ1v) is 4.12. The van der Waals surface area contributed by atoms with E-state index in [1.165, 1.54) is 0 Å². The normalized spacial score (nSPS) is 11.5. The van der Waals surface area contributed by atoms with E-state index >= 15 is 0 Å². The zero-order valence-corrected chi connectivity index (χ0v) is 6.14. The van der Waals surface area contributed by atoms with Crippen molar-refractivity contribution in [1.29, 1.82) is 0 Å². The predicted octanol–water partition coefficient (Wildman–Crippen LogP) is -1.74. The number of hydrogen-bond donors (Lipinski definition) is 3. The Kier molecular flexibility index (Phi) is 1.86. The van der Waals surface area contributed by atoms with Gasteiger partial charge in [-0.3, -0.25) is 4.57 Å². The van der Waals surface area contributed by atoms with E-state index in [2.05, 4.69) is 15.0 Å². The van der Waals surface area contributed by atoms with Crippen LogP contribution in [0.3, 0.4) is 0 Å². The van der Waals surface area contributed by atoms with Gasteiger partial charge >= 0.3 is 7.60 Å². The largest absolute Gasteiger partial charge is 0.393 e. The third kappa shape index (κ3) is 1.94. The molecule has 0 fully saturated rings. The van der Waals surface area contributed by atoms with Gasteiger partial charge in [-0.2, -0.15) is 4.98 Å². The molecule has 0 aromatic carbocycles. The van der Waals surface area contributed by atoms with Gasteiger partial charge in [0.2, 0.25) is 11.5 Å². The summed E-state index contributed by atoms with van der Waals surface area (Å²) >= 11 is 0. The van der Waals surface area contributed by atoms with Gasteiger partial charge in [-0.15, -0.1) is 0 Å². The standard InChI is InChI=1S/C3H5N4O3P/c4-2-5-1-6-3(7-2)11(8,9)10/h1H,(H2,8,9,10)(H2,4,5,6,7). The van der Waals surface area contributed by atoms with E-state index in [9.17, 15) is 4.57 Å². The molecule has 0 saturated heterocycles. The van der Waals surface area contributed by atoms with E-state index in [1.54, 1.807) is 0 Å². The van der Waals surface area contributed by atoms with Gasteiger partial charge in [-0.05, 0) is 0 Å². The molecule has 8 heteroatoms. The molecule has 0 radical (unpaired) electrons. The molecule has 0 unspecified atom stereocenters. The Hall–Kier alpha value is -1.04. The minimum absolute atomic E-state index is 0.210. The molecule has 1 rings (SSSR count). The maximum Gasteiger partial charge on any atom is 0.393 e. The average Bonchev–Trinajstić information content (AvgIpc) is 1.86. The van der Waals surface area contributed by atoms with Crippen LogP contribution in [0.5, 0.6) is 0 Å². The second-order valence-corrected chi connectivity index (χ2v) is 3.18. The molecule has 0 saturated carbocycles. The zero-order chi connectivity index (χ0) is 8.48. The van der Waals surface area contributed by atoms with Gasteiger partial charge in [0.05, 0.1) is 0 Å². The molecule has 4 N–H and O–H groups in total. The molecule has 7 nitrogen and oxygen atoms in total. The molecule has 0 aliphatic rings. The van der Waals surface area contributed by atoms with Crippen LogP contribution in [0.2, 0.25) is 0 Å². The number of nitrogen functional groups attached to an aromatic ring is 1. The number of hydrogen-bond acceptors (Lipinski definition) is 5. The Bertz CT molecular complexity index is 309. The van der Waals surface area contributed by atoms with Crippen molar-refractivity contribution in [3.63, 3.8) is 0 Å². The quantitative estimate of drug-likeness (QED) is 0.434. The van der Waals surface area contributed by atoms with Crippen LogP contribution in [0.25, 0.3) is 0 Å². The van der Waals surface area contributed by atoms with Crippen LogP contribution >= 0.6 is 7.60 Å². The molecule has 0 amide bonds. The molecule has 11 heavy (non-hydrogen) atoms. The molecule has 1 aromatic heterocycles. The van der Waals surface area contributed by atoms with Crippen molar-refractivity contribution in [1.82, 2.24) is 15.0 Å². The SMILES string of the molecule is Nc1ncnc(P(=O)(O)O)n1. The number of aromatic nitrogens is 3. The maximum absolute atomic E-state index is 10.5. The highest BCUT2D eigenvalue weighted by molar-refractivity contribution is 7.59. The molecule has 0 bridgehead atoms. The van der Waals surface area contributed by atoms with Crippen molar-refractivity contribution in [2.45, 2.75) is 0 Å². The van der Waals surface area contributed by atoms with Crippen LogP contribution in [0.15, 0.2) is 6.33 Å². The lowest BCUT2D eigenvalue weighted by Crippen LogP contribution is -2.16. The van der Waals surface area contributed by atoms with E-state index in [1.807, 2.05) is 0 Å². The van der Waals surface area contributed by atoms with Crippen molar-refractivity contribution in [3.8, 4) is 0 Å². The van der Waals surface area contributed by atoms with Gasteiger partial charge in [-0.1, -0.05) is 0 Å².